The summed E-state index contributed by atoms with van der Waals surface area (Å²) in [6.07, 6.45) is 1.71. The Kier molecular flexibility index (Phi) is 6.78. The summed E-state index contributed by atoms with van der Waals surface area (Å²) in [6.45, 7) is -0.650. The standard InChI is InChI=1S/C33H24F6N4O/c34-22-9-17(10-23(35)13-22)8-21(29-25(2-1-6-41-29)19-3-4-20-15-40-7-5-18(20)11-19)12-24(44)16-43-31-28(30(42-43)32(36)37)26-14-27(26)33(31,38)39/h1-7,9-11,13,15,21,26-27,32H,8,12,14,16H2/t21-,26?,27?/m1/s1. The molecule has 0 radical (unpaired) electrons. The molecule has 224 valence electrons. The van der Waals surface area contributed by atoms with Crippen molar-refractivity contribution in [1.29, 1.82) is 0 Å². The van der Waals surface area contributed by atoms with E-state index in [2.05, 4.69) is 15.1 Å². The Morgan fingerprint density at radius 2 is 1.77 bits per heavy atom. The molecule has 3 atom stereocenters. The fourth-order valence-corrected chi connectivity index (χ4v) is 6.60. The lowest BCUT2D eigenvalue weighted by Gasteiger charge is -2.21. The highest BCUT2D eigenvalue weighted by atomic mass is 19.3. The van der Waals surface area contributed by atoms with Crippen LogP contribution in [0, 0.1) is 17.6 Å². The van der Waals surface area contributed by atoms with E-state index in [-0.39, 0.29) is 30.4 Å². The zero-order valence-corrected chi connectivity index (χ0v) is 23.0. The largest absolute Gasteiger partial charge is 0.298 e. The molecular weight excluding hydrogens is 582 g/mol. The lowest BCUT2D eigenvalue weighted by atomic mass is 9.86. The highest BCUT2D eigenvalue weighted by molar-refractivity contribution is 5.87. The smallest absolute Gasteiger partial charge is 0.293 e. The van der Waals surface area contributed by atoms with E-state index in [9.17, 15) is 22.4 Å². The lowest BCUT2D eigenvalue weighted by molar-refractivity contribution is -0.120. The van der Waals surface area contributed by atoms with Crippen LogP contribution in [-0.4, -0.2) is 25.5 Å². The molecular formula is C33H24F6N4O. The summed E-state index contributed by atoms with van der Waals surface area (Å²) >= 11 is 0. The molecule has 1 saturated carbocycles. The van der Waals surface area contributed by atoms with Crippen molar-refractivity contribution in [2.75, 3.05) is 0 Å². The van der Waals surface area contributed by atoms with Crippen molar-refractivity contribution >= 4 is 16.6 Å². The Balaban J connectivity index is 1.25. The van der Waals surface area contributed by atoms with Crippen molar-refractivity contribution in [2.45, 2.75) is 50.0 Å². The highest BCUT2D eigenvalue weighted by Crippen LogP contribution is 2.68. The summed E-state index contributed by atoms with van der Waals surface area (Å²) in [6, 6.07) is 14.1. The average molecular weight is 607 g/mol. The van der Waals surface area contributed by atoms with Crippen LogP contribution in [0.5, 0.6) is 0 Å². The molecule has 0 N–H and O–H groups in total. The van der Waals surface area contributed by atoms with E-state index in [0.717, 1.165) is 39.2 Å². The van der Waals surface area contributed by atoms with Crippen LogP contribution in [0.25, 0.3) is 21.9 Å². The Morgan fingerprint density at radius 3 is 2.55 bits per heavy atom. The molecule has 2 aliphatic carbocycles. The molecule has 2 unspecified atom stereocenters. The molecule has 0 spiro atoms. The van der Waals surface area contributed by atoms with Gasteiger partial charge in [-0.15, -0.1) is 0 Å². The monoisotopic (exact) mass is 606 g/mol. The summed E-state index contributed by atoms with van der Waals surface area (Å²) in [5, 5.41) is 5.59. The van der Waals surface area contributed by atoms with E-state index in [1.807, 2.05) is 30.3 Å². The van der Waals surface area contributed by atoms with Gasteiger partial charge in [-0.3, -0.25) is 19.4 Å². The topological polar surface area (TPSA) is 60.7 Å². The van der Waals surface area contributed by atoms with Gasteiger partial charge in [-0.2, -0.15) is 13.9 Å². The van der Waals surface area contributed by atoms with E-state index < -0.39 is 65.5 Å². The molecule has 11 heteroatoms. The minimum absolute atomic E-state index is 0.00173. The third kappa shape index (κ3) is 4.93. The van der Waals surface area contributed by atoms with Gasteiger partial charge in [-0.05, 0) is 65.6 Å². The maximum Gasteiger partial charge on any atom is 0.293 e. The third-order valence-corrected chi connectivity index (χ3v) is 8.55. The number of carbonyl (C=O) groups excluding carboxylic acids is 1. The number of pyridine rings is 2. The Hall–Kier alpha value is -4.54. The number of benzene rings is 2. The zero-order chi connectivity index (χ0) is 30.7. The fraction of sp³-hybridized carbons (Fsp3) is 0.273. The number of hydrogen-bond acceptors (Lipinski definition) is 4. The number of fused-ring (bicyclic) bond motifs is 4. The summed E-state index contributed by atoms with van der Waals surface area (Å²) in [5.41, 5.74) is 0.719. The van der Waals surface area contributed by atoms with Gasteiger partial charge in [-0.1, -0.05) is 18.2 Å². The van der Waals surface area contributed by atoms with Crippen LogP contribution < -0.4 is 0 Å². The molecule has 1 fully saturated rings. The maximum atomic E-state index is 15.1. The quantitative estimate of drug-likeness (QED) is 0.160. The molecule has 0 bridgehead atoms. The van der Waals surface area contributed by atoms with E-state index >= 15 is 8.78 Å². The first-order valence-electron chi connectivity index (χ1n) is 14.1. The predicted molar refractivity (Wildman–Crippen MR) is 149 cm³/mol. The molecule has 2 aliphatic rings. The van der Waals surface area contributed by atoms with Crippen LogP contribution in [0.4, 0.5) is 26.3 Å². The average Bonchev–Trinajstić information content (AvgIpc) is 3.64. The van der Waals surface area contributed by atoms with Gasteiger partial charge in [0.1, 0.15) is 29.6 Å². The van der Waals surface area contributed by atoms with Crippen LogP contribution in [0.2, 0.25) is 0 Å². The molecule has 0 amide bonds. The first-order valence-corrected chi connectivity index (χ1v) is 14.1. The van der Waals surface area contributed by atoms with Gasteiger partial charge in [0.15, 0.2) is 5.78 Å². The van der Waals surface area contributed by atoms with Gasteiger partial charge in [-0.25, -0.2) is 17.6 Å². The molecule has 7 rings (SSSR count). The number of alkyl halides is 4. The van der Waals surface area contributed by atoms with E-state index in [0.29, 0.717) is 11.3 Å². The predicted octanol–water partition coefficient (Wildman–Crippen LogP) is 7.90. The molecule has 3 heterocycles. The molecule has 0 saturated heterocycles. The van der Waals surface area contributed by atoms with Crippen molar-refractivity contribution < 1.29 is 31.1 Å². The van der Waals surface area contributed by atoms with Crippen LogP contribution in [0.1, 0.15) is 59.3 Å². The van der Waals surface area contributed by atoms with Crippen molar-refractivity contribution in [1.82, 2.24) is 19.7 Å². The van der Waals surface area contributed by atoms with Crippen molar-refractivity contribution in [3.05, 3.63) is 113 Å². The maximum absolute atomic E-state index is 15.1. The van der Waals surface area contributed by atoms with Crippen molar-refractivity contribution in [2.24, 2.45) is 5.92 Å². The first kappa shape index (κ1) is 28.2. The highest BCUT2D eigenvalue weighted by Gasteiger charge is 2.67. The number of ketones is 1. The molecule has 5 nitrogen and oxygen atoms in total. The molecule has 44 heavy (non-hydrogen) atoms. The minimum atomic E-state index is -3.36. The number of aromatic nitrogens is 4. The fourth-order valence-electron chi connectivity index (χ4n) is 6.60. The summed E-state index contributed by atoms with van der Waals surface area (Å²) in [5.74, 6) is -7.98. The van der Waals surface area contributed by atoms with Crippen LogP contribution in [0.3, 0.4) is 0 Å². The normalized spacial score (nSPS) is 18.8. The number of hydrogen-bond donors (Lipinski definition) is 0. The second-order valence-corrected chi connectivity index (χ2v) is 11.5. The van der Waals surface area contributed by atoms with Gasteiger partial charge < -0.3 is 0 Å². The number of rotatable bonds is 9. The second kappa shape index (κ2) is 10.6. The summed E-state index contributed by atoms with van der Waals surface area (Å²) in [7, 11) is 0. The Bertz CT molecular complexity index is 1900. The van der Waals surface area contributed by atoms with Crippen LogP contribution in [0.15, 0.2) is 73.2 Å². The molecule has 3 aromatic heterocycles. The van der Waals surface area contributed by atoms with Gasteiger partial charge in [0, 0.05) is 59.4 Å². The molecule has 5 aromatic rings. The minimum Gasteiger partial charge on any atom is -0.298 e. The Labute approximate surface area is 247 Å². The molecule has 2 aromatic carbocycles. The van der Waals surface area contributed by atoms with Crippen molar-refractivity contribution in [3.8, 4) is 11.1 Å². The van der Waals surface area contributed by atoms with E-state index in [4.69, 9.17) is 0 Å². The van der Waals surface area contributed by atoms with Gasteiger partial charge in [0.25, 0.3) is 12.3 Å². The van der Waals surface area contributed by atoms with Gasteiger partial charge in [0.05, 0.1) is 5.69 Å². The molecule has 0 aliphatic heterocycles. The second-order valence-electron chi connectivity index (χ2n) is 11.5. The number of carbonyl (C=O) groups is 1. The van der Waals surface area contributed by atoms with Gasteiger partial charge in [0.2, 0.25) is 0 Å². The Morgan fingerprint density at radius 1 is 0.977 bits per heavy atom. The van der Waals surface area contributed by atoms with Crippen LogP contribution in [-0.2, 0) is 23.7 Å². The van der Waals surface area contributed by atoms with Gasteiger partial charge >= 0.3 is 0 Å². The lowest BCUT2D eigenvalue weighted by Crippen LogP contribution is -2.24. The van der Waals surface area contributed by atoms with Crippen LogP contribution >= 0.6 is 0 Å². The number of Topliss-reactive ketones (excluding diaryl/α,β-unsaturated/α-hetero) is 1. The number of halogens is 6. The van der Waals surface area contributed by atoms with Crippen molar-refractivity contribution in [3.63, 3.8) is 0 Å². The first-order chi connectivity index (χ1) is 21.1. The zero-order valence-electron chi connectivity index (χ0n) is 23.0. The summed E-state index contributed by atoms with van der Waals surface area (Å²) in [4.78, 5) is 22.2. The van der Waals surface area contributed by atoms with E-state index in [1.165, 1.54) is 6.20 Å². The summed E-state index contributed by atoms with van der Waals surface area (Å²) < 4.78 is 86.8. The van der Waals surface area contributed by atoms with E-state index in [1.54, 1.807) is 18.5 Å². The third-order valence-electron chi connectivity index (χ3n) is 8.55. The number of nitrogens with zero attached hydrogens (tertiary/aromatic N) is 4. The SMILES string of the molecule is O=C(C[C@@H](Cc1cc(F)cc(F)c1)c1ncccc1-c1ccc2cnccc2c1)Cn1nc(C(F)F)c2c1C(F)(F)C1CC21.